The fourth-order valence-electron chi connectivity index (χ4n) is 1.75. The van der Waals surface area contributed by atoms with Crippen molar-refractivity contribution in [2.75, 3.05) is 0 Å². The lowest BCUT2D eigenvalue weighted by Gasteiger charge is -2.12. The summed E-state index contributed by atoms with van der Waals surface area (Å²) in [6.45, 7) is 5.55. The molecule has 0 aromatic carbocycles. The van der Waals surface area contributed by atoms with Gasteiger partial charge in [0.15, 0.2) is 0 Å². The number of pyridine rings is 1. The predicted molar refractivity (Wildman–Crippen MR) is 59.1 cm³/mol. The van der Waals surface area contributed by atoms with Crippen molar-refractivity contribution < 1.29 is 8.42 Å². The van der Waals surface area contributed by atoms with E-state index in [1.165, 1.54) is 0 Å². The summed E-state index contributed by atoms with van der Waals surface area (Å²) in [5, 5.41) is 5.19. The van der Waals surface area contributed by atoms with Gasteiger partial charge in [0.2, 0.25) is 10.0 Å². The van der Waals surface area contributed by atoms with Crippen molar-refractivity contribution in [3.8, 4) is 0 Å². The average molecular weight is 228 g/mol. The van der Waals surface area contributed by atoms with Crippen LogP contribution in [0.1, 0.15) is 30.7 Å². The van der Waals surface area contributed by atoms with Gasteiger partial charge in [-0.2, -0.15) is 0 Å². The highest BCUT2D eigenvalue weighted by atomic mass is 32.2. The summed E-state index contributed by atoms with van der Waals surface area (Å²) in [7, 11) is -3.67. The second-order valence-corrected chi connectivity index (χ2v) is 4.93. The van der Waals surface area contributed by atoms with Gasteiger partial charge < -0.3 is 0 Å². The summed E-state index contributed by atoms with van der Waals surface area (Å²) >= 11 is 0. The highest BCUT2D eigenvalue weighted by molar-refractivity contribution is 7.89. The largest absolute Gasteiger partial charge is 0.260 e. The molecule has 1 rings (SSSR count). The lowest BCUT2D eigenvalue weighted by atomic mass is 10.0. The molecule has 0 aliphatic rings. The third-order valence-corrected chi connectivity index (χ3v) is 3.53. The number of rotatable bonds is 3. The maximum atomic E-state index is 11.4. The van der Waals surface area contributed by atoms with Gasteiger partial charge in [0.1, 0.15) is 4.90 Å². The van der Waals surface area contributed by atoms with E-state index in [1.54, 1.807) is 13.1 Å². The first-order valence-corrected chi connectivity index (χ1v) is 6.46. The number of hydrogen-bond acceptors (Lipinski definition) is 3. The van der Waals surface area contributed by atoms with E-state index in [9.17, 15) is 8.42 Å². The topological polar surface area (TPSA) is 73.0 Å². The zero-order valence-corrected chi connectivity index (χ0v) is 10.1. The van der Waals surface area contributed by atoms with E-state index >= 15 is 0 Å². The van der Waals surface area contributed by atoms with Crippen molar-refractivity contribution in [1.29, 1.82) is 0 Å². The second-order valence-electron chi connectivity index (χ2n) is 3.43. The Morgan fingerprint density at radius 2 is 1.93 bits per heavy atom. The van der Waals surface area contributed by atoms with Gasteiger partial charge in [0.05, 0.1) is 5.69 Å². The quantitative estimate of drug-likeness (QED) is 0.843. The summed E-state index contributed by atoms with van der Waals surface area (Å²) in [5.74, 6) is 0. The van der Waals surface area contributed by atoms with Gasteiger partial charge in [0.25, 0.3) is 0 Å². The molecule has 0 saturated heterocycles. The molecule has 5 heteroatoms. The van der Waals surface area contributed by atoms with Gasteiger partial charge in [-0.05, 0) is 30.9 Å². The molecule has 0 aliphatic carbocycles. The van der Waals surface area contributed by atoms with Gasteiger partial charge in [-0.1, -0.05) is 13.8 Å². The van der Waals surface area contributed by atoms with Crippen LogP contribution in [-0.2, 0) is 22.9 Å². The van der Waals surface area contributed by atoms with Gasteiger partial charge in [-0.25, -0.2) is 13.6 Å². The van der Waals surface area contributed by atoms with Crippen molar-refractivity contribution in [1.82, 2.24) is 4.98 Å². The number of primary sulfonamides is 1. The Hall–Kier alpha value is -0.940. The van der Waals surface area contributed by atoms with E-state index in [0.29, 0.717) is 12.1 Å². The molecule has 1 aromatic rings. The Labute approximate surface area is 90.6 Å². The number of sulfonamides is 1. The highest BCUT2D eigenvalue weighted by Crippen LogP contribution is 2.21. The summed E-state index contributed by atoms with van der Waals surface area (Å²) < 4.78 is 22.9. The standard InChI is InChI=1S/C10H16N2O2S/c1-4-8-6-12-7(3)10(9(8)5-2)15(11,13)14/h6H,4-5H2,1-3H3,(H2,11,13,14). The van der Waals surface area contributed by atoms with Crippen LogP contribution in [0, 0.1) is 6.92 Å². The molecule has 1 heterocycles. The Kier molecular flexibility index (Phi) is 3.46. The Morgan fingerprint density at radius 1 is 1.33 bits per heavy atom. The predicted octanol–water partition coefficient (Wildman–Crippen LogP) is 1.16. The molecule has 0 aliphatic heterocycles. The van der Waals surface area contributed by atoms with E-state index in [0.717, 1.165) is 17.5 Å². The maximum Gasteiger partial charge on any atom is 0.240 e. The van der Waals surface area contributed by atoms with Gasteiger partial charge in [0, 0.05) is 6.20 Å². The third-order valence-electron chi connectivity index (χ3n) is 2.42. The van der Waals surface area contributed by atoms with Crippen LogP contribution in [0.25, 0.3) is 0 Å². The fraction of sp³-hybridized carbons (Fsp3) is 0.500. The average Bonchev–Trinajstić information content (AvgIpc) is 2.15. The summed E-state index contributed by atoms with van der Waals surface area (Å²) in [6.07, 6.45) is 3.14. The van der Waals surface area contributed by atoms with E-state index in [-0.39, 0.29) is 4.90 Å². The zero-order chi connectivity index (χ0) is 11.6. The molecule has 0 radical (unpaired) electrons. The van der Waals surface area contributed by atoms with Crippen LogP contribution in [0.15, 0.2) is 11.1 Å². The maximum absolute atomic E-state index is 11.4. The van der Waals surface area contributed by atoms with Crippen LogP contribution in [0.4, 0.5) is 0 Å². The molecule has 0 fully saturated rings. The van der Waals surface area contributed by atoms with Crippen molar-refractivity contribution >= 4 is 10.0 Å². The lowest BCUT2D eigenvalue weighted by molar-refractivity contribution is 0.595. The van der Waals surface area contributed by atoms with Crippen LogP contribution < -0.4 is 5.14 Å². The number of nitrogens with two attached hydrogens (primary N) is 1. The molecule has 0 saturated carbocycles. The number of aromatic nitrogens is 1. The van der Waals surface area contributed by atoms with Gasteiger partial charge >= 0.3 is 0 Å². The molecule has 84 valence electrons. The molecule has 0 spiro atoms. The van der Waals surface area contributed by atoms with E-state index in [4.69, 9.17) is 5.14 Å². The minimum absolute atomic E-state index is 0.198. The highest BCUT2D eigenvalue weighted by Gasteiger charge is 2.19. The zero-order valence-electron chi connectivity index (χ0n) is 9.24. The number of hydrogen-bond donors (Lipinski definition) is 1. The van der Waals surface area contributed by atoms with E-state index < -0.39 is 10.0 Å². The fourth-order valence-corrected chi connectivity index (χ4v) is 2.83. The minimum atomic E-state index is -3.67. The van der Waals surface area contributed by atoms with Crippen LogP contribution in [-0.4, -0.2) is 13.4 Å². The molecule has 15 heavy (non-hydrogen) atoms. The van der Waals surface area contributed by atoms with Crippen molar-refractivity contribution in [2.45, 2.75) is 38.5 Å². The first-order valence-electron chi connectivity index (χ1n) is 4.91. The SMILES string of the molecule is CCc1cnc(C)c(S(N)(=O)=O)c1CC. The molecule has 2 N–H and O–H groups in total. The van der Waals surface area contributed by atoms with Crippen LogP contribution >= 0.6 is 0 Å². The Morgan fingerprint density at radius 3 is 2.33 bits per heavy atom. The van der Waals surface area contributed by atoms with Gasteiger partial charge in [-0.3, -0.25) is 4.98 Å². The van der Waals surface area contributed by atoms with Gasteiger partial charge in [-0.15, -0.1) is 0 Å². The van der Waals surface area contributed by atoms with Crippen LogP contribution in [0.5, 0.6) is 0 Å². The van der Waals surface area contributed by atoms with Crippen molar-refractivity contribution in [3.05, 3.63) is 23.0 Å². The summed E-state index contributed by atoms with van der Waals surface area (Å²) in [5.41, 5.74) is 2.23. The first-order chi connectivity index (χ1) is 6.91. The minimum Gasteiger partial charge on any atom is -0.260 e. The first kappa shape index (κ1) is 12.1. The molecule has 0 bridgehead atoms. The smallest absolute Gasteiger partial charge is 0.240 e. The molecule has 0 unspecified atom stereocenters. The third kappa shape index (κ3) is 2.35. The van der Waals surface area contributed by atoms with Crippen molar-refractivity contribution in [2.24, 2.45) is 5.14 Å². The van der Waals surface area contributed by atoms with Crippen LogP contribution in [0.2, 0.25) is 0 Å². The Balaban J connectivity index is 3.61. The normalized spacial score (nSPS) is 11.7. The van der Waals surface area contributed by atoms with E-state index in [1.807, 2.05) is 13.8 Å². The molecular formula is C10H16N2O2S. The molecule has 1 aromatic heterocycles. The molecule has 0 amide bonds. The van der Waals surface area contributed by atoms with Crippen molar-refractivity contribution in [3.63, 3.8) is 0 Å². The number of aryl methyl sites for hydroxylation is 2. The monoisotopic (exact) mass is 228 g/mol. The number of nitrogens with zero attached hydrogens (tertiary/aromatic N) is 1. The summed E-state index contributed by atoms with van der Waals surface area (Å²) in [4.78, 5) is 4.26. The van der Waals surface area contributed by atoms with Crippen LogP contribution in [0.3, 0.4) is 0 Å². The summed E-state index contributed by atoms with van der Waals surface area (Å²) in [6, 6.07) is 0. The second kappa shape index (κ2) is 4.28. The van der Waals surface area contributed by atoms with E-state index in [2.05, 4.69) is 4.98 Å². The molecule has 0 atom stereocenters. The lowest BCUT2D eigenvalue weighted by Crippen LogP contribution is -2.18. The molecule has 4 nitrogen and oxygen atoms in total. The molecular weight excluding hydrogens is 212 g/mol. The Bertz CT molecular complexity index is 467.